The fraction of sp³-hybridized carbons (Fsp3) is 0.235. The van der Waals surface area contributed by atoms with Gasteiger partial charge in [0.1, 0.15) is 5.75 Å². The minimum absolute atomic E-state index is 0.00436. The van der Waals surface area contributed by atoms with Crippen molar-refractivity contribution in [1.29, 1.82) is 0 Å². The van der Waals surface area contributed by atoms with Crippen LogP contribution in [0.3, 0.4) is 0 Å². The summed E-state index contributed by atoms with van der Waals surface area (Å²) >= 11 is 0. The van der Waals surface area contributed by atoms with Crippen molar-refractivity contribution in [3.05, 3.63) is 59.7 Å². The molecule has 1 atom stereocenters. The third kappa shape index (κ3) is 2.76. The number of methoxy groups -OCH3 is 1. The molecule has 1 N–H and O–H groups in total. The number of amides is 1. The van der Waals surface area contributed by atoms with Crippen molar-refractivity contribution in [1.82, 2.24) is 5.43 Å². The molecule has 2 aromatic rings. The number of nitrogens with zero attached hydrogens (tertiary/aromatic N) is 1. The molecule has 0 spiro atoms. The predicted molar refractivity (Wildman–Crippen MR) is 82.2 cm³/mol. The molecule has 1 aliphatic heterocycles. The van der Waals surface area contributed by atoms with Crippen LogP contribution >= 0.6 is 0 Å². The Bertz CT molecular complexity index is 635. The number of hydrazine groups is 1. The van der Waals surface area contributed by atoms with Crippen molar-refractivity contribution in [3.63, 3.8) is 0 Å². The summed E-state index contributed by atoms with van der Waals surface area (Å²) < 4.78 is 5.16. The minimum atomic E-state index is 0.00436. The molecule has 3 rings (SSSR count). The first-order valence-corrected chi connectivity index (χ1v) is 6.97. The van der Waals surface area contributed by atoms with Crippen LogP contribution in [0.25, 0.3) is 0 Å². The molecule has 21 heavy (non-hydrogen) atoms. The number of carbonyl (C=O) groups is 1. The van der Waals surface area contributed by atoms with Gasteiger partial charge in [-0.05, 0) is 36.8 Å². The molecule has 1 unspecified atom stereocenters. The molecule has 0 radical (unpaired) electrons. The molecule has 108 valence electrons. The number of ether oxygens (including phenoxy) is 1. The number of benzene rings is 2. The molecule has 4 heteroatoms. The predicted octanol–water partition coefficient (Wildman–Crippen LogP) is 2.99. The Balaban J connectivity index is 1.78. The summed E-state index contributed by atoms with van der Waals surface area (Å²) in [6.07, 6.45) is 0.459. The first-order valence-electron chi connectivity index (χ1n) is 6.97. The second-order valence-corrected chi connectivity index (χ2v) is 5.22. The number of nitrogens with one attached hydrogen (secondary N) is 1. The molecule has 1 saturated heterocycles. The molecule has 0 aliphatic carbocycles. The summed E-state index contributed by atoms with van der Waals surface area (Å²) in [6, 6.07) is 15.7. The van der Waals surface area contributed by atoms with Gasteiger partial charge in [0.05, 0.1) is 18.8 Å². The number of hydrogen-bond donors (Lipinski definition) is 1. The van der Waals surface area contributed by atoms with Crippen LogP contribution in [-0.2, 0) is 4.79 Å². The maximum Gasteiger partial charge on any atom is 0.243 e. The molecular weight excluding hydrogens is 264 g/mol. The van der Waals surface area contributed by atoms with Crippen LogP contribution in [0.4, 0.5) is 5.69 Å². The fourth-order valence-corrected chi connectivity index (χ4v) is 2.48. The molecular formula is C17H18N2O2. The van der Waals surface area contributed by atoms with Gasteiger partial charge in [-0.3, -0.25) is 4.79 Å². The Morgan fingerprint density at radius 3 is 2.38 bits per heavy atom. The summed E-state index contributed by atoms with van der Waals surface area (Å²) in [5, 5.41) is 1.63. The van der Waals surface area contributed by atoms with Crippen LogP contribution in [0.5, 0.6) is 5.75 Å². The number of anilines is 1. The maximum absolute atomic E-state index is 12.2. The second-order valence-electron chi connectivity index (χ2n) is 5.22. The fourth-order valence-electron chi connectivity index (χ4n) is 2.48. The standard InChI is InChI=1S/C17H18N2O2/c1-12-3-7-14(8-4-12)19-17(20)11-16(18-19)13-5-9-15(21-2)10-6-13/h3-10,16,18H,11H2,1-2H3. The molecule has 1 amide bonds. The smallest absolute Gasteiger partial charge is 0.243 e. The third-order valence-electron chi connectivity index (χ3n) is 3.72. The lowest BCUT2D eigenvalue weighted by Crippen LogP contribution is -2.35. The van der Waals surface area contributed by atoms with E-state index in [1.54, 1.807) is 12.1 Å². The largest absolute Gasteiger partial charge is 0.497 e. The van der Waals surface area contributed by atoms with Crippen molar-refractivity contribution in [2.24, 2.45) is 0 Å². The van der Waals surface area contributed by atoms with Gasteiger partial charge in [0, 0.05) is 6.42 Å². The molecule has 1 heterocycles. The summed E-state index contributed by atoms with van der Waals surface area (Å²) in [6.45, 7) is 2.03. The molecule has 1 aliphatic rings. The van der Waals surface area contributed by atoms with Gasteiger partial charge in [0.15, 0.2) is 0 Å². The van der Waals surface area contributed by atoms with Crippen LogP contribution in [0.1, 0.15) is 23.6 Å². The third-order valence-corrected chi connectivity index (χ3v) is 3.72. The molecule has 0 aromatic heterocycles. The quantitative estimate of drug-likeness (QED) is 0.941. The van der Waals surface area contributed by atoms with Gasteiger partial charge >= 0.3 is 0 Å². The lowest BCUT2D eigenvalue weighted by atomic mass is 10.1. The highest BCUT2D eigenvalue weighted by molar-refractivity contribution is 5.95. The summed E-state index contributed by atoms with van der Waals surface area (Å²) in [7, 11) is 1.64. The Morgan fingerprint density at radius 1 is 1.10 bits per heavy atom. The van der Waals surface area contributed by atoms with E-state index >= 15 is 0 Å². The van der Waals surface area contributed by atoms with Crippen molar-refractivity contribution >= 4 is 11.6 Å². The molecule has 1 fully saturated rings. The highest BCUT2D eigenvalue weighted by atomic mass is 16.5. The molecule has 2 aromatic carbocycles. The van der Waals surface area contributed by atoms with Gasteiger partial charge in [0.25, 0.3) is 0 Å². The zero-order valence-corrected chi connectivity index (χ0v) is 12.2. The molecule has 0 bridgehead atoms. The first-order chi connectivity index (χ1) is 10.2. The van der Waals surface area contributed by atoms with E-state index in [-0.39, 0.29) is 11.9 Å². The molecule has 0 saturated carbocycles. The van der Waals surface area contributed by atoms with Crippen molar-refractivity contribution in [2.45, 2.75) is 19.4 Å². The normalized spacial score (nSPS) is 18.1. The summed E-state index contributed by atoms with van der Waals surface area (Å²) in [4.78, 5) is 12.2. The Labute approximate surface area is 124 Å². The Morgan fingerprint density at radius 2 is 1.76 bits per heavy atom. The average Bonchev–Trinajstić information content (AvgIpc) is 2.90. The van der Waals surface area contributed by atoms with Crippen LogP contribution in [0, 0.1) is 6.92 Å². The van der Waals surface area contributed by atoms with Gasteiger partial charge < -0.3 is 4.74 Å². The van der Waals surface area contributed by atoms with E-state index in [0.29, 0.717) is 6.42 Å². The van der Waals surface area contributed by atoms with E-state index < -0.39 is 0 Å². The van der Waals surface area contributed by atoms with Crippen molar-refractivity contribution in [2.75, 3.05) is 12.1 Å². The number of carbonyl (C=O) groups excluding carboxylic acids is 1. The van der Waals surface area contributed by atoms with E-state index in [1.165, 1.54) is 5.56 Å². The minimum Gasteiger partial charge on any atom is -0.497 e. The number of hydrogen-bond acceptors (Lipinski definition) is 3. The summed E-state index contributed by atoms with van der Waals surface area (Å²) in [5.41, 5.74) is 6.41. The van der Waals surface area contributed by atoms with Gasteiger partial charge in [0.2, 0.25) is 5.91 Å². The monoisotopic (exact) mass is 282 g/mol. The SMILES string of the molecule is COc1ccc(C2CC(=O)N(c3ccc(C)cc3)N2)cc1. The lowest BCUT2D eigenvalue weighted by molar-refractivity contribution is -0.117. The Kier molecular flexibility index (Phi) is 3.62. The van der Waals surface area contributed by atoms with E-state index in [4.69, 9.17) is 4.74 Å². The average molecular weight is 282 g/mol. The molecule has 4 nitrogen and oxygen atoms in total. The van der Waals surface area contributed by atoms with Gasteiger partial charge in [-0.1, -0.05) is 29.8 Å². The van der Waals surface area contributed by atoms with Crippen LogP contribution < -0.4 is 15.2 Å². The van der Waals surface area contributed by atoms with Crippen LogP contribution in [-0.4, -0.2) is 13.0 Å². The van der Waals surface area contributed by atoms with Crippen LogP contribution in [0.2, 0.25) is 0 Å². The highest BCUT2D eigenvalue weighted by Gasteiger charge is 2.31. The van der Waals surface area contributed by atoms with Gasteiger partial charge in [-0.25, -0.2) is 10.4 Å². The number of rotatable bonds is 3. The van der Waals surface area contributed by atoms with Gasteiger partial charge in [-0.2, -0.15) is 0 Å². The maximum atomic E-state index is 12.2. The van der Waals surface area contributed by atoms with Crippen LogP contribution in [0.15, 0.2) is 48.5 Å². The summed E-state index contributed by atoms with van der Waals surface area (Å²) in [5.74, 6) is 0.901. The number of aryl methyl sites for hydroxylation is 1. The van der Waals surface area contributed by atoms with E-state index in [2.05, 4.69) is 5.43 Å². The van der Waals surface area contributed by atoms with E-state index in [0.717, 1.165) is 17.0 Å². The zero-order chi connectivity index (χ0) is 14.8. The van der Waals surface area contributed by atoms with Crippen molar-refractivity contribution < 1.29 is 9.53 Å². The van der Waals surface area contributed by atoms with E-state index in [1.807, 2.05) is 55.5 Å². The first kappa shape index (κ1) is 13.6. The van der Waals surface area contributed by atoms with Crippen molar-refractivity contribution in [3.8, 4) is 5.75 Å². The second kappa shape index (κ2) is 5.58. The topological polar surface area (TPSA) is 41.6 Å². The highest BCUT2D eigenvalue weighted by Crippen LogP contribution is 2.28. The zero-order valence-electron chi connectivity index (χ0n) is 12.2. The Hall–Kier alpha value is -2.33. The van der Waals surface area contributed by atoms with Gasteiger partial charge in [-0.15, -0.1) is 0 Å². The van der Waals surface area contributed by atoms with E-state index in [9.17, 15) is 4.79 Å². The lowest BCUT2D eigenvalue weighted by Gasteiger charge is -2.18.